The highest BCUT2D eigenvalue weighted by Crippen LogP contribution is 2.22. The van der Waals surface area contributed by atoms with Gasteiger partial charge >= 0.3 is 23.9 Å². The molecule has 0 heterocycles. The number of carbonyl (C=O) groups is 6. The molecular weight excluding hydrogens is 789 g/mol. The Kier molecular flexibility index (Phi) is 41.1. The third kappa shape index (κ3) is 36.5. The first-order valence-electron chi connectivity index (χ1n) is 25.2. The van der Waals surface area contributed by atoms with Gasteiger partial charge in [0.1, 0.15) is 12.3 Å². The zero-order valence-electron chi connectivity index (χ0n) is 40.1. The molecule has 0 aromatic heterocycles. The van der Waals surface area contributed by atoms with Crippen LogP contribution in [0.15, 0.2) is 0 Å². The maximum Gasteiger partial charge on any atom is 0.325 e. The number of nitrogens with one attached hydrogen (secondary N) is 1. The first-order chi connectivity index (χ1) is 30.1. The summed E-state index contributed by atoms with van der Waals surface area (Å²) in [6, 6.07) is 0. The lowest BCUT2D eigenvalue weighted by Gasteiger charge is -2.17. The standard InChI is InChI=1S/C50H92N2O10/c1-5-9-13-17-19-23-31-43(29-21-15-11-7-3)49(57)59-35-27-25-33-45(53)37-42(41-62-48(56)39-52-46(54)38-51)40-61-47(55)34-26-28-36-60-50(58)44(30-22-16-12-8-4)32-24-20-18-14-10-6-2/h42-44H,5-41,51H2,1-4H3,(H,52,54)/t42-,43?,44?/m1/s1. The van der Waals surface area contributed by atoms with E-state index in [4.69, 9.17) is 24.7 Å². The van der Waals surface area contributed by atoms with Crippen molar-refractivity contribution in [1.82, 2.24) is 5.32 Å². The normalized spacial score (nSPS) is 12.6. The Morgan fingerprint density at radius 1 is 0.452 bits per heavy atom. The summed E-state index contributed by atoms with van der Waals surface area (Å²) >= 11 is 0. The molecule has 0 aromatic rings. The fourth-order valence-electron chi connectivity index (χ4n) is 7.49. The molecule has 0 bridgehead atoms. The molecule has 12 heteroatoms. The van der Waals surface area contributed by atoms with Gasteiger partial charge in [-0.1, -0.05) is 156 Å². The predicted molar refractivity (Wildman–Crippen MR) is 247 cm³/mol. The van der Waals surface area contributed by atoms with Crippen LogP contribution in [0.4, 0.5) is 0 Å². The summed E-state index contributed by atoms with van der Waals surface area (Å²) in [6.45, 7) is 8.38. The molecule has 3 atom stereocenters. The smallest absolute Gasteiger partial charge is 0.325 e. The Bertz CT molecular complexity index is 1150. The summed E-state index contributed by atoms with van der Waals surface area (Å²) in [5.41, 5.74) is 5.29. The van der Waals surface area contributed by atoms with Crippen LogP contribution >= 0.6 is 0 Å². The van der Waals surface area contributed by atoms with Crippen molar-refractivity contribution in [3.8, 4) is 0 Å². The molecule has 12 nitrogen and oxygen atoms in total. The van der Waals surface area contributed by atoms with E-state index in [1.807, 2.05) is 0 Å². The molecule has 362 valence electrons. The van der Waals surface area contributed by atoms with Crippen LogP contribution in [0.5, 0.6) is 0 Å². The van der Waals surface area contributed by atoms with Gasteiger partial charge in [0.25, 0.3) is 0 Å². The average Bonchev–Trinajstić information content (AvgIpc) is 3.26. The van der Waals surface area contributed by atoms with Crippen molar-refractivity contribution in [2.45, 2.75) is 227 Å². The van der Waals surface area contributed by atoms with Crippen molar-refractivity contribution in [1.29, 1.82) is 0 Å². The minimum atomic E-state index is -0.692. The summed E-state index contributed by atoms with van der Waals surface area (Å²) in [5.74, 6) is -2.71. The molecular formula is C50H92N2O10. The molecule has 1 amide bonds. The van der Waals surface area contributed by atoms with Crippen LogP contribution in [0.1, 0.15) is 227 Å². The van der Waals surface area contributed by atoms with Gasteiger partial charge in [-0.05, 0) is 51.4 Å². The van der Waals surface area contributed by atoms with E-state index in [2.05, 4.69) is 33.0 Å². The highest BCUT2D eigenvalue weighted by molar-refractivity contribution is 5.83. The molecule has 0 fully saturated rings. The van der Waals surface area contributed by atoms with E-state index >= 15 is 0 Å². The maximum absolute atomic E-state index is 13.0. The molecule has 0 saturated carbocycles. The average molecular weight is 881 g/mol. The largest absolute Gasteiger partial charge is 0.465 e. The van der Waals surface area contributed by atoms with E-state index in [1.165, 1.54) is 64.2 Å². The van der Waals surface area contributed by atoms with Crippen LogP contribution in [-0.2, 0) is 47.7 Å². The second kappa shape index (κ2) is 43.2. The fraction of sp³-hybridized carbons (Fsp3) is 0.880. The number of ketones is 1. The number of esters is 4. The minimum absolute atomic E-state index is 0.0297. The van der Waals surface area contributed by atoms with Gasteiger partial charge < -0.3 is 30.0 Å². The van der Waals surface area contributed by atoms with Crippen LogP contribution in [0.25, 0.3) is 0 Å². The molecule has 62 heavy (non-hydrogen) atoms. The van der Waals surface area contributed by atoms with Crippen LogP contribution in [-0.4, -0.2) is 75.1 Å². The first kappa shape index (κ1) is 59.0. The third-order valence-electron chi connectivity index (χ3n) is 11.5. The van der Waals surface area contributed by atoms with E-state index in [-0.39, 0.29) is 88.3 Å². The summed E-state index contributed by atoms with van der Waals surface area (Å²) in [6.07, 6.45) is 29.1. The minimum Gasteiger partial charge on any atom is -0.465 e. The molecule has 0 saturated heterocycles. The molecule has 2 unspecified atom stereocenters. The Morgan fingerprint density at radius 2 is 0.839 bits per heavy atom. The molecule has 0 aliphatic carbocycles. The van der Waals surface area contributed by atoms with Gasteiger partial charge in [-0.15, -0.1) is 0 Å². The summed E-state index contributed by atoms with van der Waals surface area (Å²) in [5, 5.41) is 2.35. The fourth-order valence-corrected chi connectivity index (χ4v) is 7.49. The number of Topliss-reactive ketones (excluding diaryl/α,β-unsaturated/α-hetero) is 1. The highest BCUT2D eigenvalue weighted by atomic mass is 16.6. The molecule has 0 aliphatic heterocycles. The molecule has 0 radical (unpaired) electrons. The molecule has 3 N–H and O–H groups in total. The Morgan fingerprint density at radius 3 is 1.27 bits per heavy atom. The number of nitrogens with two attached hydrogens (primary N) is 1. The lowest BCUT2D eigenvalue weighted by Crippen LogP contribution is -2.35. The topological polar surface area (TPSA) is 177 Å². The van der Waals surface area contributed by atoms with Gasteiger partial charge in [0.15, 0.2) is 0 Å². The van der Waals surface area contributed by atoms with Crippen molar-refractivity contribution in [3.63, 3.8) is 0 Å². The predicted octanol–water partition coefficient (Wildman–Crippen LogP) is 10.8. The van der Waals surface area contributed by atoms with E-state index < -0.39 is 23.8 Å². The summed E-state index contributed by atoms with van der Waals surface area (Å²) in [7, 11) is 0. The van der Waals surface area contributed by atoms with E-state index in [0.717, 1.165) is 89.9 Å². The zero-order chi connectivity index (χ0) is 45.9. The number of rotatable bonds is 45. The van der Waals surface area contributed by atoms with Crippen molar-refractivity contribution in [3.05, 3.63) is 0 Å². The van der Waals surface area contributed by atoms with Crippen molar-refractivity contribution in [2.24, 2.45) is 23.5 Å². The summed E-state index contributed by atoms with van der Waals surface area (Å²) < 4.78 is 22.2. The number of hydrogen-bond donors (Lipinski definition) is 2. The molecule has 0 spiro atoms. The number of hydrogen-bond acceptors (Lipinski definition) is 11. The molecule has 0 aromatic carbocycles. The second-order valence-corrected chi connectivity index (χ2v) is 17.4. The maximum atomic E-state index is 13.0. The lowest BCUT2D eigenvalue weighted by atomic mass is 9.94. The molecule has 0 aliphatic rings. The van der Waals surface area contributed by atoms with Crippen molar-refractivity contribution in [2.75, 3.05) is 39.5 Å². The van der Waals surface area contributed by atoms with Crippen molar-refractivity contribution >= 4 is 35.6 Å². The van der Waals surface area contributed by atoms with E-state index in [1.54, 1.807) is 0 Å². The third-order valence-corrected chi connectivity index (χ3v) is 11.5. The van der Waals surface area contributed by atoms with E-state index in [0.29, 0.717) is 25.7 Å². The van der Waals surface area contributed by atoms with Gasteiger partial charge in [-0.3, -0.25) is 28.8 Å². The van der Waals surface area contributed by atoms with Crippen molar-refractivity contribution < 1.29 is 47.7 Å². The monoisotopic (exact) mass is 881 g/mol. The zero-order valence-corrected chi connectivity index (χ0v) is 40.1. The Balaban J connectivity index is 4.91. The molecule has 0 rings (SSSR count). The van der Waals surface area contributed by atoms with E-state index in [9.17, 15) is 28.8 Å². The van der Waals surface area contributed by atoms with Crippen LogP contribution < -0.4 is 11.1 Å². The SMILES string of the molecule is CCCCCCCCC(CCCCCC)C(=O)OCCCCC(=O)C[C@H](COC(=O)CCCCOC(=O)C(CCCCCC)CCCCCCCC)COC(=O)CNC(=O)CN. The van der Waals surface area contributed by atoms with Gasteiger partial charge in [0.05, 0.1) is 44.8 Å². The van der Waals surface area contributed by atoms with Crippen LogP contribution in [0, 0.1) is 17.8 Å². The highest BCUT2D eigenvalue weighted by Gasteiger charge is 2.22. The van der Waals surface area contributed by atoms with Crippen LogP contribution in [0.2, 0.25) is 0 Å². The quantitative estimate of drug-likeness (QED) is 0.0338. The Hall–Kier alpha value is -3.02. The number of unbranched alkanes of at least 4 members (excludes halogenated alkanes) is 18. The number of carbonyl (C=O) groups excluding carboxylic acids is 6. The lowest BCUT2D eigenvalue weighted by molar-refractivity contribution is -0.151. The second-order valence-electron chi connectivity index (χ2n) is 17.4. The van der Waals surface area contributed by atoms with Gasteiger partial charge in [0.2, 0.25) is 5.91 Å². The van der Waals surface area contributed by atoms with Gasteiger partial charge in [0, 0.05) is 25.2 Å². The van der Waals surface area contributed by atoms with Gasteiger partial charge in [-0.25, -0.2) is 0 Å². The Labute approximate surface area is 377 Å². The number of ether oxygens (including phenoxy) is 4. The number of amides is 1. The first-order valence-corrected chi connectivity index (χ1v) is 25.2. The summed E-state index contributed by atoms with van der Waals surface area (Å²) in [4.78, 5) is 75.4. The van der Waals surface area contributed by atoms with Gasteiger partial charge in [-0.2, -0.15) is 0 Å². The van der Waals surface area contributed by atoms with Crippen LogP contribution in [0.3, 0.4) is 0 Å².